The van der Waals surface area contributed by atoms with E-state index in [2.05, 4.69) is 15.9 Å². The van der Waals surface area contributed by atoms with E-state index in [-0.39, 0.29) is 11.2 Å². The zero-order valence-electron chi connectivity index (χ0n) is 9.22. The van der Waals surface area contributed by atoms with Crippen LogP contribution in [0.25, 0.3) is 0 Å². The summed E-state index contributed by atoms with van der Waals surface area (Å²) in [6.45, 7) is 5.82. The van der Waals surface area contributed by atoms with Gasteiger partial charge in [-0.25, -0.2) is 4.39 Å². The Hall–Kier alpha value is -0.410. The van der Waals surface area contributed by atoms with Gasteiger partial charge in [-0.15, -0.1) is 0 Å². The van der Waals surface area contributed by atoms with Crippen LogP contribution in [0.3, 0.4) is 0 Å². The Morgan fingerprint density at radius 3 is 2.47 bits per heavy atom. The largest absolute Gasteiger partial charge is 0.392 e. The average Bonchev–Trinajstić information content (AvgIpc) is 2.08. The molecule has 0 fully saturated rings. The molecule has 1 atom stereocenters. The summed E-state index contributed by atoms with van der Waals surface area (Å²) in [6.07, 6.45) is -0.184. The molecule has 0 radical (unpaired) electrons. The van der Waals surface area contributed by atoms with Gasteiger partial charge in [-0.1, -0.05) is 42.8 Å². The minimum Gasteiger partial charge on any atom is -0.392 e. The Morgan fingerprint density at radius 2 is 2.00 bits per heavy atom. The van der Waals surface area contributed by atoms with Gasteiger partial charge in [0.2, 0.25) is 0 Å². The minimum absolute atomic E-state index is 0.223. The highest BCUT2D eigenvalue weighted by molar-refractivity contribution is 9.10. The van der Waals surface area contributed by atoms with Gasteiger partial charge in [0.25, 0.3) is 0 Å². The highest BCUT2D eigenvalue weighted by Crippen LogP contribution is 2.24. The summed E-state index contributed by atoms with van der Waals surface area (Å²) in [5.41, 5.74) is 0.333. The Labute approximate surface area is 98.4 Å². The van der Waals surface area contributed by atoms with Crippen molar-refractivity contribution in [2.45, 2.75) is 33.3 Å². The zero-order chi connectivity index (χ0) is 11.6. The summed E-state index contributed by atoms with van der Waals surface area (Å²) in [4.78, 5) is 0. The van der Waals surface area contributed by atoms with E-state index in [0.717, 1.165) is 0 Å². The van der Waals surface area contributed by atoms with Crippen LogP contribution < -0.4 is 0 Å². The lowest BCUT2D eigenvalue weighted by molar-refractivity contribution is 0.0629. The maximum Gasteiger partial charge on any atom is 0.127 e. The van der Waals surface area contributed by atoms with Crippen LogP contribution in [0.15, 0.2) is 22.7 Å². The van der Waals surface area contributed by atoms with Crippen LogP contribution in [-0.2, 0) is 6.42 Å². The monoisotopic (exact) mass is 274 g/mol. The van der Waals surface area contributed by atoms with E-state index in [0.29, 0.717) is 16.5 Å². The Bertz CT molecular complexity index is 344. The highest BCUT2D eigenvalue weighted by atomic mass is 79.9. The molecule has 1 unspecified atom stereocenters. The number of aliphatic hydroxyl groups excluding tert-OH is 1. The van der Waals surface area contributed by atoms with Crippen molar-refractivity contribution in [3.8, 4) is 0 Å². The molecule has 84 valence electrons. The fourth-order valence-corrected chi connectivity index (χ4v) is 1.53. The van der Waals surface area contributed by atoms with Gasteiger partial charge in [0.1, 0.15) is 5.82 Å². The van der Waals surface area contributed by atoms with Gasteiger partial charge in [-0.3, -0.25) is 0 Å². The Balaban J connectivity index is 2.82. The first-order valence-electron chi connectivity index (χ1n) is 4.92. The van der Waals surface area contributed by atoms with Gasteiger partial charge in [0.15, 0.2) is 0 Å². The molecule has 0 heterocycles. The predicted molar refractivity (Wildman–Crippen MR) is 63.3 cm³/mol. The van der Waals surface area contributed by atoms with Crippen molar-refractivity contribution in [1.82, 2.24) is 0 Å². The Morgan fingerprint density at radius 1 is 1.40 bits per heavy atom. The van der Waals surface area contributed by atoms with Crippen LogP contribution in [0.5, 0.6) is 0 Å². The lowest BCUT2D eigenvalue weighted by atomic mass is 9.85. The first kappa shape index (κ1) is 12.7. The van der Waals surface area contributed by atoms with Crippen LogP contribution in [-0.4, -0.2) is 11.2 Å². The summed E-state index contributed by atoms with van der Waals surface area (Å²) in [5, 5.41) is 9.85. The van der Waals surface area contributed by atoms with Crippen LogP contribution >= 0.6 is 15.9 Å². The molecular formula is C12H16BrFO. The maximum atomic E-state index is 13.5. The van der Waals surface area contributed by atoms with Gasteiger partial charge < -0.3 is 5.11 Å². The standard InChI is InChI=1S/C12H16BrFO/c1-12(2,3)11(15)6-8-4-5-9(13)7-10(8)14/h4-5,7,11,15H,6H2,1-3H3. The maximum absolute atomic E-state index is 13.5. The minimum atomic E-state index is -0.534. The van der Waals surface area contributed by atoms with Crippen LogP contribution in [0, 0.1) is 11.2 Å². The molecule has 1 aromatic rings. The molecule has 0 aliphatic heterocycles. The van der Waals surface area contributed by atoms with Crippen molar-refractivity contribution in [2.75, 3.05) is 0 Å². The van der Waals surface area contributed by atoms with Crippen molar-refractivity contribution < 1.29 is 9.50 Å². The second-order valence-electron chi connectivity index (χ2n) is 4.82. The summed E-state index contributed by atoms with van der Waals surface area (Å²) >= 11 is 3.20. The van der Waals surface area contributed by atoms with Gasteiger partial charge in [0.05, 0.1) is 6.10 Å². The molecule has 0 bridgehead atoms. The Kier molecular flexibility index (Phi) is 3.90. The molecule has 0 aliphatic rings. The van der Waals surface area contributed by atoms with Crippen molar-refractivity contribution in [2.24, 2.45) is 5.41 Å². The number of hydrogen-bond donors (Lipinski definition) is 1. The van der Waals surface area contributed by atoms with Crippen molar-refractivity contribution in [3.63, 3.8) is 0 Å². The molecule has 0 saturated heterocycles. The molecule has 0 aliphatic carbocycles. The smallest absolute Gasteiger partial charge is 0.127 e. The number of rotatable bonds is 2. The molecular weight excluding hydrogens is 259 g/mol. The molecule has 3 heteroatoms. The topological polar surface area (TPSA) is 20.2 Å². The molecule has 0 spiro atoms. The quantitative estimate of drug-likeness (QED) is 0.875. The normalized spacial score (nSPS) is 14.0. The first-order valence-corrected chi connectivity index (χ1v) is 5.72. The van der Waals surface area contributed by atoms with E-state index >= 15 is 0 Å². The van der Waals surface area contributed by atoms with Gasteiger partial charge in [-0.05, 0) is 23.1 Å². The highest BCUT2D eigenvalue weighted by Gasteiger charge is 2.23. The van der Waals surface area contributed by atoms with Gasteiger partial charge in [0, 0.05) is 10.9 Å². The molecule has 1 aromatic carbocycles. The van der Waals surface area contributed by atoms with Crippen molar-refractivity contribution in [3.05, 3.63) is 34.1 Å². The summed E-state index contributed by atoms with van der Waals surface area (Å²) < 4.78 is 14.2. The third-order valence-corrected chi connectivity index (χ3v) is 2.92. The first-order chi connectivity index (χ1) is 6.80. The number of hydrogen-bond acceptors (Lipinski definition) is 1. The second-order valence-corrected chi connectivity index (χ2v) is 5.74. The number of benzene rings is 1. The summed E-state index contributed by atoms with van der Waals surface area (Å²) in [6, 6.07) is 4.91. The van der Waals surface area contributed by atoms with Crippen LogP contribution in [0.1, 0.15) is 26.3 Å². The molecule has 1 nitrogen and oxygen atoms in total. The summed E-state index contributed by atoms with van der Waals surface area (Å²) in [5.74, 6) is -0.271. The zero-order valence-corrected chi connectivity index (χ0v) is 10.8. The van der Waals surface area contributed by atoms with Crippen molar-refractivity contribution >= 4 is 15.9 Å². The fourth-order valence-electron chi connectivity index (χ4n) is 1.20. The van der Waals surface area contributed by atoms with E-state index in [4.69, 9.17) is 0 Å². The molecule has 1 rings (SSSR count). The van der Waals surface area contributed by atoms with Crippen LogP contribution in [0.2, 0.25) is 0 Å². The summed E-state index contributed by atoms with van der Waals surface area (Å²) in [7, 11) is 0. The van der Waals surface area contributed by atoms with E-state index in [1.807, 2.05) is 20.8 Å². The van der Waals surface area contributed by atoms with Crippen molar-refractivity contribution in [1.29, 1.82) is 0 Å². The molecule has 0 aromatic heterocycles. The molecule has 15 heavy (non-hydrogen) atoms. The predicted octanol–water partition coefficient (Wildman–Crippen LogP) is 3.54. The fraction of sp³-hybridized carbons (Fsp3) is 0.500. The van der Waals surface area contributed by atoms with E-state index in [1.54, 1.807) is 12.1 Å². The molecule has 0 saturated carbocycles. The van der Waals surface area contributed by atoms with Gasteiger partial charge in [-0.2, -0.15) is 0 Å². The van der Waals surface area contributed by atoms with Crippen LogP contribution in [0.4, 0.5) is 4.39 Å². The van der Waals surface area contributed by atoms with E-state index in [9.17, 15) is 9.50 Å². The molecule has 0 amide bonds. The second kappa shape index (κ2) is 4.62. The number of halogens is 2. The average molecular weight is 275 g/mol. The third-order valence-electron chi connectivity index (χ3n) is 2.43. The molecule has 1 N–H and O–H groups in total. The van der Waals surface area contributed by atoms with E-state index < -0.39 is 6.10 Å². The lowest BCUT2D eigenvalue weighted by Gasteiger charge is -2.25. The third kappa shape index (κ3) is 3.58. The number of aliphatic hydroxyl groups is 1. The lowest BCUT2D eigenvalue weighted by Crippen LogP contribution is -2.28. The SMILES string of the molecule is CC(C)(C)C(O)Cc1ccc(Br)cc1F. The van der Waals surface area contributed by atoms with Gasteiger partial charge >= 0.3 is 0 Å². The van der Waals surface area contributed by atoms with E-state index in [1.165, 1.54) is 6.07 Å².